The quantitative estimate of drug-likeness (QED) is 0.896. The predicted octanol–water partition coefficient (Wildman–Crippen LogP) is 2.34. The normalized spacial score (nSPS) is 23.3. The van der Waals surface area contributed by atoms with Crippen LogP contribution in [-0.2, 0) is 20.9 Å². The lowest BCUT2D eigenvalue weighted by molar-refractivity contribution is -0.172. The average molecular weight is 360 g/mol. The Bertz CT molecular complexity index is 660. The number of piperidine rings is 1. The summed E-state index contributed by atoms with van der Waals surface area (Å²) in [7, 11) is 0. The van der Waals surface area contributed by atoms with E-state index in [1.54, 1.807) is 0 Å². The lowest BCUT2D eigenvalue weighted by Crippen LogP contribution is -2.60. The molecule has 2 saturated heterocycles. The van der Waals surface area contributed by atoms with Gasteiger partial charge in [0.1, 0.15) is 5.72 Å². The van der Waals surface area contributed by atoms with Crippen LogP contribution in [0.15, 0.2) is 30.3 Å². The van der Waals surface area contributed by atoms with Gasteiger partial charge in [0.15, 0.2) is 6.04 Å². The Morgan fingerprint density at radius 3 is 2.35 bits per heavy atom. The van der Waals surface area contributed by atoms with Crippen LogP contribution in [0.5, 0.6) is 0 Å². The Balaban J connectivity index is 1.74. The fourth-order valence-corrected chi connectivity index (χ4v) is 3.82. The summed E-state index contributed by atoms with van der Waals surface area (Å²) in [6.07, 6.45) is 1.26. The van der Waals surface area contributed by atoms with Crippen molar-refractivity contribution in [3.8, 4) is 0 Å². The summed E-state index contributed by atoms with van der Waals surface area (Å²) in [6, 6.07) is 9.37. The summed E-state index contributed by atoms with van der Waals surface area (Å²) in [5.74, 6) is -1.15. The van der Waals surface area contributed by atoms with E-state index in [1.165, 1.54) is 10.5 Å². The van der Waals surface area contributed by atoms with Gasteiger partial charge in [-0.15, -0.1) is 0 Å². The molecule has 1 atom stereocenters. The van der Waals surface area contributed by atoms with Gasteiger partial charge in [0.2, 0.25) is 5.91 Å². The molecule has 1 aromatic rings. The molecular weight excluding hydrogens is 332 g/mol. The molecule has 26 heavy (non-hydrogen) atoms. The molecule has 0 saturated carbocycles. The zero-order valence-electron chi connectivity index (χ0n) is 15.8. The van der Waals surface area contributed by atoms with Crippen LogP contribution in [0.4, 0.5) is 0 Å². The van der Waals surface area contributed by atoms with Crippen LogP contribution in [0, 0.1) is 5.41 Å². The molecule has 1 N–H and O–H groups in total. The highest BCUT2D eigenvalue weighted by molar-refractivity contribution is 5.88. The van der Waals surface area contributed by atoms with Crippen LogP contribution >= 0.6 is 0 Å². The Morgan fingerprint density at radius 2 is 1.81 bits per heavy atom. The fraction of sp³-hybridized carbons (Fsp3) is 0.600. The van der Waals surface area contributed by atoms with Crippen molar-refractivity contribution >= 4 is 11.9 Å². The highest BCUT2D eigenvalue weighted by Crippen LogP contribution is 2.40. The molecule has 1 aromatic carbocycles. The van der Waals surface area contributed by atoms with Crippen LogP contribution in [0.1, 0.15) is 39.2 Å². The van der Waals surface area contributed by atoms with Gasteiger partial charge in [-0.25, -0.2) is 4.79 Å². The monoisotopic (exact) mass is 360 g/mol. The third-order valence-electron chi connectivity index (χ3n) is 5.29. The molecule has 0 unspecified atom stereocenters. The summed E-state index contributed by atoms with van der Waals surface area (Å²) in [5, 5.41) is 9.57. The number of hydrogen-bond donors (Lipinski definition) is 1. The lowest BCUT2D eigenvalue weighted by atomic mass is 9.90. The zero-order valence-corrected chi connectivity index (χ0v) is 15.8. The van der Waals surface area contributed by atoms with Crippen molar-refractivity contribution in [1.82, 2.24) is 9.80 Å². The number of carbonyl (C=O) groups is 2. The van der Waals surface area contributed by atoms with Gasteiger partial charge in [0.25, 0.3) is 0 Å². The van der Waals surface area contributed by atoms with Crippen molar-refractivity contribution in [3.63, 3.8) is 0 Å². The van der Waals surface area contributed by atoms with E-state index < -0.39 is 23.2 Å². The van der Waals surface area contributed by atoms with E-state index in [-0.39, 0.29) is 12.5 Å². The number of nitrogens with zero attached hydrogens (tertiary/aromatic N) is 2. The Labute approximate surface area is 154 Å². The maximum absolute atomic E-state index is 13.0. The molecular formula is C20H28N2O4. The van der Waals surface area contributed by atoms with Crippen molar-refractivity contribution in [2.24, 2.45) is 5.41 Å². The molecule has 2 fully saturated rings. The summed E-state index contributed by atoms with van der Waals surface area (Å²) >= 11 is 0. The minimum Gasteiger partial charge on any atom is -0.480 e. The maximum atomic E-state index is 13.0. The third-order valence-corrected chi connectivity index (χ3v) is 5.29. The number of ether oxygens (including phenoxy) is 1. The number of amides is 1. The molecule has 0 aliphatic carbocycles. The molecule has 0 aromatic heterocycles. The topological polar surface area (TPSA) is 70.1 Å². The predicted molar refractivity (Wildman–Crippen MR) is 97.4 cm³/mol. The Hall–Kier alpha value is -1.92. The van der Waals surface area contributed by atoms with E-state index >= 15 is 0 Å². The van der Waals surface area contributed by atoms with E-state index in [9.17, 15) is 14.7 Å². The van der Waals surface area contributed by atoms with Crippen LogP contribution in [0.3, 0.4) is 0 Å². The van der Waals surface area contributed by atoms with E-state index in [4.69, 9.17) is 4.74 Å². The molecule has 2 aliphatic rings. The SMILES string of the molecule is CC(C)(C)C(=O)N1[C@@H](C(=O)O)COC12CCN(Cc1ccccc1)CC2. The first kappa shape index (κ1) is 18.9. The van der Waals surface area contributed by atoms with Gasteiger partial charge in [-0.3, -0.25) is 14.6 Å². The molecule has 6 nitrogen and oxygen atoms in total. The standard InChI is InChI=1S/C20H28N2O4/c1-19(2,3)18(25)22-16(17(23)24)14-26-20(22)9-11-21(12-10-20)13-15-7-5-4-6-8-15/h4-8,16H,9-14H2,1-3H3,(H,23,24)/t16-/m1/s1. The van der Waals surface area contributed by atoms with Crippen LogP contribution < -0.4 is 0 Å². The van der Waals surface area contributed by atoms with Crippen LogP contribution in [0.2, 0.25) is 0 Å². The van der Waals surface area contributed by atoms with Gasteiger partial charge in [-0.2, -0.15) is 0 Å². The van der Waals surface area contributed by atoms with Gasteiger partial charge in [-0.05, 0) is 5.56 Å². The van der Waals surface area contributed by atoms with E-state index in [0.29, 0.717) is 12.8 Å². The van der Waals surface area contributed by atoms with E-state index in [0.717, 1.165) is 19.6 Å². The molecule has 2 aliphatic heterocycles. The molecule has 2 heterocycles. The molecule has 0 bridgehead atoms. The van der Waals surface area contributed by atoms with Gasteiger partial charge in [0.05, 0.1) is 6.61 Å². The highest BCUT2D eigenvalue weighted by Gasteiger charge is 2.55. The average Bonchev–Trinajstić information content (AvgIpc) is 2.95. The van der Waals surface area contributed by atoms with Crippen LogP contribution in [0.25, 0.3) is 0 Å². The van der Waals surface area contributed by atoms with Gasteiger partial charge >= 0.3 is 5.97 Å². The Kier molecular flexibility index (Phi) is 5.08. The van der Waals surface area contributed by atoms with Gasteiger partial charge in [0, 0.05) is 37.9 Å². The molecule has 3 rings (SSSR count). The summed E-state index contributed by atoms with van der Waals surface area (Å²) in [6.45, 7) is 7.94. The van der Waals surface area contributed by atoms with Crippen LogP contribution in [-0.4, -0.2) is 58.2 Å². The number of aliphatic carboxylic acids is 1. The number of carboxylic acids is 1. The second kappa shape index (κ2) is 7.00. The fourth-order valence-electron chi connectivity index (χ4n) is 3.82. The van der Waals surface area contributed by atoms with Gasteiger partial charge < -0.3 is 9.84 Å². The van der Waals surface area contributed by atoms with Crippen molar-refractivity contribution in [2.75, 3.05) is 19.7 Å². The van der Waals surface area contributed by atoms with Crippen molar-refractivity contribution in [3.05, 3.63) is 35.9 Å². The number of hydrogen-bond acceptors (Lipinski definition) is 4. The molecule has 0 radical (unpaired) electrons. The molecule has 1 spiro atoms. The zero-order chi connectivity index (χ0) is 18.9. The summed E-state index contributed by atoms with van der Waals surface area (Å²) < 4.78 is 5.98. The second-order valence-corrected chi connectivity index (χ2v) is 8.30. The Morgan fingerprint density at radius 1 is 1.19 bits per heavy atom. The minimum atomic E-state index is -0.994. The highest BCUT2D eigenvalue weighted by atomic mass is 16.5. The third kappa shape index (κ3) is 3.62. The largest absolute Gasteiger partial charge is 0.480 e. The number of likely N-dealkylation sites (tertiary alicyclic amines) is 1. The number of benzene rings is 1. The smallest absolute Gasteiger partial charge is 0.328 e. The molecule has 142 valence electrons. The second-order valence-electron chi connectivity index (χ2n) is 8.30. The van der Waals surface area contributed by atoms with Crippen molar-refractivity contribution in [1.29, 1.82) is 0 Å². The molecule has 1 amide bonds. The first-order chi connectivity index (χ1) is 12.2. The van der Waals surface area contributed by atoms with Crippen molar-refractivity contribution in [2.45, 2.75) is 51.9 Å². The maximum Gasteiger partial charge on any atom is 0.328 e. The number of carbonyl (C=O) groups excluding carboxylic acids is 1. The number of carboxylic acid groups (broad SMARTS) is 1. The first-order valence-corrected chi connectivity index (χ1v) is 9.20. The van der Waals surface area contributed by atoms with E-state index in [2.05, 4.69) is 17.0 Å². The number of rotatable bonds is 3. The van der Waals surface area contributed by atoms with Crippen molar-refractivity contribution < 1.29 is 19.4 Å². The van der Waals surface area contributed by atoms with Gasteiger partial charge in [-0.1, -0.05) is 51.1 Å². The minimum absolute atomic E-state index is 0.0653. The summed E-state index contributed by atoms with van der Waals surface area (Å²) in [5.41, 5.74) is -0.183. The molecule has 6 heteroatoms. The first-order valence-electron chi connectivity index (χ1n) is 9.20. The van der Waals surface area contributed by atoms with E-state index in [1.807, 2.05) is 39.0 Å². The summed E-state index contributed by atoms with van der Waals surface area (Å²) in [4.78, 5) is 28.5. The lowest BCUT2D eigenvalue weighted by Gasteiger charge is -2.46.